The predicted octanol–water partition coefficient (Wildman–Crippen LogP) is 5.84. The molecule has 0 heterocycles. The lowest BCUT2D eigenvalue weighted by Crippen LogP contribution is -2.57. The fraction of sp³-hybridized carbons (Fsp3) is 0.708. The molecule has 0 saturated heterocycles. The van der Waals surface area contributed by atoms with Gasteiger partial charge in [0.05, 0.1) is 5.41 Å². The Morgan fingerprint density at radius 1 is 1.07 bits per heavy atom. The van der Waals surface area contributed by atoms with Crippen LogP contribution in [0.25, 0.3) is 0 Å². The van der Waals surface area contributed by atoms with E-state index in [0.717, 1.165) is 18.4 Å². The first kappa shape index (κ1) is 19.2. The van der Waals surface area contributed by atoms with Crippen LogP contribution in [0.1, 0.15) is 68.6 Å². The molecule has 3 atom stereocenters. The molecule has 4 heteroatoms. The lowest BCUT2D eigenvalue weighted by atomic mass is 9.43. The van der Waals surface area contributed by atoms with E-state index in [2.05, 4.69) is 37.4 Å². The summed E-state index contributed by atoms with van der Waals surface area (Å²) in [6.45, 7) is 7.10. The number of rotatable bonds is 4. The number of hydrogen-bond acceptors (Lipinski definition) is 1. The first-order valence-electron chi connectivity index (χ1n) is 10.8. The molecule has 152 valence electrons. The lowest BCUT2D eigenvalue weighted by Gasteiger charge is -2.62. The van der Waals surface area contributed by atoms with Crippen LogP contribution < -0.4 is 5.32 Å². The van der Waals surface area contributed by atoms with Gasteiger partial charge in [-0.05, 0) is 105 Å². The third kappa shape index (κ3) is 2.77. The minimum atomic E-state index is -0.890. The lowest BCUT2D eigenvalue weighted by molar-refractivity contribution is -0.128. The number of benzene rings is 1. The Labute approximate surface area is 178 Å². The minimum absolute atomic E-state index is 0.0356. The SMILES string of the molecule is Cc1ccc(C23C[C@H]4C[C@@H](CC(CNC(=O)[C@@]5(C)CC5(Cl)Cl)(C4)C2)C3)cc1C. The first-order chi connectivity index (χ1) is 13.1. The summed E-state index contributed by atoms with van der Waals surface area (Å²) in [5.41, 5.74) is 4.24. The highest BCUT2D eigenvalue weighted by atomic mass is 35.5. The summed E-state index contributed by atoms with van der Waals surface area (Å²) in [5.74, 6) is 1.64. The molecule has 28 heavy (non-hydrogen) atoms. The van der Waals surface area contributed by atoms with E-state index in [1.54, 1.807) is 0 Å². The quantitative estimate of drug-likeness (QED) is 0.609. The molecule has 0 radical (unpaired) electrons. The maximum absolute atomic E-state index is 12.8. The van der Waals surface area contributed by atoms with Crippen molar-refractivity contribution in [2.45, 2.75) is 75.5 Å². The number of carbonyl (C=O) groups is 1. The van der Waals surface area contributed by atoms with Gasteiger partial charge in [-0.3, -0.25) is 4.79 Å². The molecule has 0 spiro atoms. The second-order valence-corrected chi connectivity index (χ2v) is 12.4. The molecule has 5 aliphatic rings. The smallest absolute Gasteiger partial charge is 0.229 e. The zero-order chi connectivity index (χ0) is 19.9. The third-order valence-electron chi connectivity index (χ3n) is 8.68. The largest absolute Gasteiger partial charge is 0.355 e. The molecule has 1 aromatic rings. The second kappa shape index (κ2) is 5.91. The van der Waals surface area contributed by atoms with E-state index in [9.17, 15) is 4.79 Å². The highest BCUT2D eigenvalue weighted by Crippen LogP contribution is 2.66. The Hall–Kier alpha value is -0.730. The van der Waals surface area contributed by atoms with Crippen LogP contribution in [0.15, 0.2) is 18.2 Å². The number of nitrogens with one attached hydrogen (secondary N) is 1. The number of hydrogen-bond donors (Lipinski definition) is 1. The Morgan fingerprint density at radius 3 is 2.29 bits per heavy atom. The fourth-order valence-electron chi connectivity index (χ4n) is 7.18. The van der Waals surface area contributed by atoms with Gasteiger partial charge in [0.1, 0.15) is 4.33 Å². The zero-order valence-corrected chi connectivity index (χ0v) is 18.7. The van der Waals surface area contributed by atoms with Crippen LogP contribution in [0.4, 0.5) is 0 Å². The Morgan fingerprint density at radius 2 is 1.71 bits per heavy atom. The predicted molar refractivity (Wildman–Crippen MR) is 115 cm³/mol. The number of alkyl halides is 2. The van der Waals surface area contributed by atoms with Crippen LogP contribution in [0.3, 0.4) is 0 Å². The molecule has 6 rings (SSSR count). The van der Waals surface area contributed by atoms with E-state index in [1.165, 1.54) is 55.2 Å². The van der Waals surface area contributed by atoms with Crippen molar-refractivity contribution >= 4 is 29.1 Å². The van der Waals surface area contributed by atoms with Crippen LogP contribution >= 0.6 is 23.2 Å². The molecular weight excluding hydrogens is 389 g/mol. The van der Waals surface area contributed by atoms with Crippen LogP contribution in [0.5, 0.6) is 0 Å². The van der Waals surface area contributed by atoms with Crippen molar-refractivity contribution in [2.75, 3.05) is 6.54 Å². The van der Waals surface area contributed by atoms with Crippen molar-refractivity contribution in [1.29, 1.82) is 0 Å². The highest BCUT2D eigenvalue weighted by molar-refractivity contribution is 6.53. The number of carbonyl (C=O) groups excluding carboxylic acids is 1. The van der Waals surface area contributed by atoms with Gasteiger partial charge in [0, 0.05) is 6.54 Å². The maximum atomic E-state index is 12.8. The van der Waals surface area contributed by atoms with Gasteiger partial charge in [-0.2, -0.15) is 0 Å². The Kier molecular flexibility index (Phi) is 4.06. The molecule has 0 unspecified atom stereocenters. The van der Waals surface area contributed by atoms with Gasteiger partial charge in [-0.25, -0.2) is 0 Å². The first-order valence-corrected chi connectivity index (χ1v) is 11.6. The van der Waals surface area contributed by atoms with Gasteiger partial charge in [0.2, 0.25) is 5.91 Å². The van der Waals surface area contributed by atoms with E-state index in [0.29, 0.717) is 11.8 Å². The van der Waals surface area contributed by atoms with Crippen LogP contribution in [-0.2, 0) is 10.2 Å². The van der Waals surface area contributed by atoms with Gasteiger partial charge in [0.25, 0.3) is 0 Å². The summed E-state index contributed by atoms with van der Waals surface area (Å²) in [6, 6.07) is 7.11. The van der Waals surface area contributed by atoms with Gasteiger partial charge in [-0.1, -0.05) is 18.2 Å². The summed E-state index contributed by atoms with van der Waals surface area (Å²) in [5, 5.41) is 3.28. The van der Waals surface area contributed by atoms with E-state index >= 15 is 0 Å². The minimum Gasteiger partial charge on any atom is -0.355 e. The molecule has 1 aromatic carbocycles. The van der Waals surface area contributed by atoms with Crippen molar-refractivity contribution < 1.29 is 4.79 Å². The van der Waals surface area contributed by atoms with Crippen molar-refractivity contribution in [3.05, 3.63) is 34.9 Å². The van der Waals surface area contributed by atoms with Crippen molar-refractivity contribution in [1.82, 2.24) is 5.32 Å². The zero-order valence-electron chi connectivity index (χ0n) is 17.2. The molecule has 5 aliphatic carbocycles. The molecule has 5 saturated carbocycles. The third-order valence-corrected chi connectivity index (χ3v) is 9.79. The van der Waals surface area contributed by atoms with E-state index < -0.39 is 9.75 Å². The number of halogens is 2. The van der Waals surface area contributed by atoms with Gasteiger partial charge in [-0.15, -0.1) is 23.2 Å². The monoisotopic (exact) mass is 419 g/mol. The fourth-order valence-corrected chi connectivity index (χ4v) is 7.88. The summed E-state index contributed by atoms with van der Waals surface area (Å²) < 4.78 is -0.890. The van der Waals surface area contributed by atoms with E-state index in [1.807, 2.05) is 6.92 Å². The average Bonchev–Trinajstić information content (AvgIpc) is 3.13. The maximum Gasteiger partial charge on any atom is 0.229 e. The van der Waals surface area contributed by atoms with E-state index in [4.69, 9.17) is 23.2 Å². The highest BCUT2D eigenvalue weighted by Gasteiger charge is 2.68. The average molecular weight is 420 g/mol. The molecule has 4 bridgehead atoms. The normalized spacial score (nSPS) is 42.5. The van der Waals surface area contributed by atoms with Gasteiger partial charge in [0.15, 0.2) is 0 Å². The van der Waals surface area contributed by atoms with E-state index in [-0.39, 0.29) is 11.3 Å². The Balaban J connectivity index is 1.39. The molecule has 0 aliphatic heterocycles. The second-order valence-electron chi connectivity index (χ2n) is 10.9. The van der Waals surface area contributed by atoms with Crippen molar-refractivity contribution in [2.24, 2.45) is 22.7 Å². The van der Waals surface area contributed by atoms with Crippen LogP contribution in [0, 0.1) is 36.5 Å². The summed E-state index contributed by atoms with van der Waals surface area (Å²) in [6.07, 6.45) is 8.32. The molecule has 0 aromatic heterocycles. The number of aryl methyl sites for hydroxylation is 2. The molecule has 1 amide bonds. The number of amides is 1. The van der Waals surface area contributed by atoms with Crippen molar-refractivity contribution in [3.63, 3.8) is 0 Å². The van der Waals surface area contributed by atoms with Gasteiger partial charge >= 0.3 is 0 Å². The van der Waals surface area contributed by atoms with Crippen LogP contribution in [0.2, 0.25) is 0 Å². The van der Waals surface area contributed by atoms with Crippen molar-refractivity contribution in [3.8, 4) is 0 Å². The molecule has 2 nitrogen and oxygen atoms in total. The molecule has 5 fully saturated rings. The summed E-state index contributed by atoms with van der Waals surface area (Å²) >= 11 is 12.5. The molecular formula is C24H31Cl2NO. The van der Waals surface area contributed by atoms with Gasteiger partial charge < -0.3 is 5.32 Å². The standard InChI is InChI=1S/C24H31Cl2NO/c1-15-4-5-19(6-16(15)2)23-10-17-7-18(11-23)9-22(8-17,13-23)14-27-20(28)21(3)12-24(21,25)26/h4-6,17-18H,7-14H2,1-3H3,(H,27,28)/t17-,18-,21+,22?,23?/m0/s1. The summed E-state index contributed by atoms with van der Waals surface area (Å²) in [7, 11) is 0. The summed E-state index contributed by atoms with van der Waals surface area (Å²) in [4.78, 5) is 12.8. The molecule has 1 N–H and O–H groups in total. The Bertz CT molecular complexity index is 833. The topological polar surface area (TPSA) is 29.1 Å². The van der Waals surface area contributed by atoms with Crippen LogP contribution in [-0.4, -0.2) is 16.8 Å².